The fourth-order valence-corrected chi connectivity index (χ4v) is 3.13. The van der Waals surface area contributed by atoms with E-state index in [-0.39, 0.29) is 12.0 Å². The molecule has 0 atom stereocenters. The van der Waals surface area contributed by atoms with Gasteiger partial charge in [-0.1, -0.05) is 12.1 Å². The van der Waals surface area contributed by atoms with Gasteiger partial charge in [-0.05, 0) is 18.2 Å². The highest BCUT2D eigenvalue weighted by molar-refractivity contribution is 8.00. The molecule has 2 aliphatic rings. The average Bonchev–Trinajstić information content (AvgIpc) is 2.50. The summed E-state index contributed by atoms with van der Waals surface area (Å²) >= 11 is 1.55. The van der Waals surface area contributed by atoms with E-state index in [4.69, 9.17) is 9.47 Å². The molecule has 1 fully saturated rings. The van der Waals surface area contributed by atoms with Crippen LogP contribution in [-0.2, 0) is 9.53 Å². The maximum Gasteiger partial charge on any atom is 0.234 e. The van der Waals surface area contributed by atoms with Crippen LogP contribution < -0.4 is 10.1 Å². The number of nitrogens with one attached hydrogen (secondary N) is 1. The summed E-state index contributed by atoms with van der Waals surface area (Å²) in [5.41, 5.74) is 2.63. The molecule has 0 spiro atoms. The molecule has 5 nitrogen and oxygen atoms in total. The first-order valence-corrected chi connectivity index (χ1v) is 8.05. The highest BCUT2D eigenvalue weighted by Crippen LogP contribution is 2.34. The normalized spacial score (nSPS) is 17.4. The molecule has 1 N–H and O–H groups in total. The van der Waals surface area contributed by atoms with Gasteiger partial charge < -0.3 is 14.8 Å². The molecule has 2 aromatic rings. The minimum atomic E-state index is 0.0321. The predicted octanol–water partition coefficient (Wildman–Crippen LogP) is 2.57. The van der Waals surface area contributed by atoms with Crippen LogP contribution in [0.1, 0.15) is 0 Å². The summed E-state index contributed by atoms with van der Waals surface area (Å²) in [6.07, 6.45) is 0.0990. The molecule has 1 amide bonds. The van der Waals surface area contributed by atoms with E-state index in [9.17, 15) is 4.79 Å². The van der Waals surface area contributed by atoms with Crippen molar-refractivity contribution < 1.29 is 14.3 Å². The van der Waals surface area contributed by atoms with Crippen molar-refractivity contribution in [2.45, 2.75) is 11.0 Å². The summed E-state index contributed by atoms with van der Waals surface area (Å²) in [6.45, 7) is 1.24. The van der Waals surface area contributed by atoms with Gasteiger partial charge in [-0.25, -0.2) is 4.98 Å². The van der Waals surface area contributed by atoms with E-state index in [1.165, 1.54) is 0 Å². The Balaban J connectivity index is 1.62. The van der Waals surface area contributed by atoms with Crippen molar-refractivity contribution in [1.29, 1.82) is 0 Å². The zero-order valence-electron chi connectivity index (χ0n) is 11.7. The van der Waals surface area contributed by atoms with E-state index < -0.39 is 0 Å². The number of carbonyl (C=O) groups excluding carboxylic acids is 1. The van der Waals surface area contributed by atoms with Gasteiger partial charge >= 0.3 is 0 Å². The van der Waals surface area contributed by atoms with Gasteiger partial charge in [-0.15, -0.1) is 11.8 Å². The van der Waals surface area contributed by atoms with E-state index in [1.807, 2.05) is 36.4 Å². The minimum Gasteiger partial charge on any atom is -0.469 e. The first-order valence-electron chi connectivity index (χ1n) is 7.06. The second-order valence-electron chi connectivity index (χ2n) is 5.19. The number of fused-ring (bicyclic) bond motifs is 1. The summed E-state index contributed by atoms with van der Waals surface area (Å²) in [6, 6.07) is 11.7. The monoisotopic (exact) mass is 314 g/mol. The number of hydrogen-bond acceptors (Lipinski definition) is 5. The molecule has 0 aliphatic carbocycles. The molecule has 0 saturated carbocycles. The maximum absolute atomic E-state index is 11.5. The van der Waals surface area contributed by atoms with E-state index >= 15 is 0 Å². The number of carbonyl (C=O) groups is 1. The smallest absolute Gasteiger partial charge is 0.234 e. The van der Waals surface area contributed by atoms with Crippen molar-refractivity contribution in [3.05, 3.63) is 36.4 Å². The Kier molecular flexibility index (Phi) is 3.48. The number of ether oxygens (including phenoxy) is 2. The Hall–Kier alpha value is -2.05. The Bertz CT molecular complexity index is 731. The van der Waals surface area contributed by atoms with E-state index in [0.717, 1.165) is 21.8 Å². The van der Waals surface area contributed by atoms with E-state index in [0.29, 0.717) is 24.8 Å². The summed E-state index contributed by atoms with van der Waals surface area (Å²) in [5, 5.41) is 2.90. The van der Waals surface area contributed by atoms with Crippen LogP contribution in [0, 0.1) is 0 Å². The molecule has 1 saturated heterocycles. The van der Waals surface area contributed by atoms with Gasteiger partial charge in [0.05, 0.1) is 30.3 Å². The molecule has 1 aromatic heterocycles. The Morgan fingerprint density at radius 1 is 1.27 bits per heavy atom. The lowest BCUT2D eigenvalue weighted by molar-refractivity contribution is -0.113. The number of pyridine rings is 1. The largest absolute Gasteiger partial charge is 0.469 e. The molecule has 2 aliphatic heterocycles. The quantitative estimate of drug-likeness (QED) is 0.943. The Morgan fingerprint density at radius 2 is 2.18 bits per heavy atom. The highest BCUT2D eigenvalue weighted by atomic mass is 32.2. The summed E-state index contributed by atoms with van der Waals surface area (Å²) < 4.78 is 10.8. The first-order chi connectivity index (χ1) is 10.8. The average molecular weight is 314 g/mol. The molecule has 0 bridgehead atoms. The number of hydrogen-bond donors (Lipinski definition) is 1. The van der Waals surface area contributed by atoms with Gasteiger partial charge in [0.15, 0.2) is 0 Å². The molecule has 22 heavy (non-hydrogen) atoms. The topological polar surface area (TPSA) is 60.5 Å². The van der Waals surface area contributed by atoms with Gasteiger partial charge in [-0.3, -0.25) is 4.79 Å². The van der Waals surface area contributed by atoms with Crippen LogP contribution in [0.3, 0.4) is 0 Å². The Labute approximate surface area is 132 Å². The molecule has 1 aromatic carbocycles. The van der Waals surface area contributed by atoms with Gasteiger partial charge in [0.1, 0.15) is 6.10 Å². The zero-order chi connectivity index (χ0) is 14.9. The van der Waals surface area contributed by atoms with Gasteiger partial charge in [0.25, 0.3) is 0 Å². The van der Waals surface area contributed by atoms with E-state index in [2.05, 4.69) is 10.3 Å². The zero-order valence-corrected chi connectivity index (χ0v) is 12.6. The number of rotatable bonds is 3. The van der Waals surface area contributed by atoms with Crippen molar-refractivity contribution >= 4 is 23.4 Å². The molecule has 0 unspecified atom stereocenters. The fraction of sp³-hybridized carbons (Fsp3) is 0.250. The summed E-state index contributed by atoms with van der Waals surface area (Å²) in [7, 11) is 0. The lowest BCUT2D eigenvalue weighted by atomic mass is 10.1. The molecule has 3 heterocycles. The number of nitrogens with zero attached hydrogens (tertiary/aromatic N) is 1. The standard InChI is InChI=1S/C16H14N2O3S/c19-15-9-22-14-5-4-10(6-13(14)17-15)12-2-1-3-16(18-12)21-11-7-20-8-11/h1-6,11H,7-9H2,(H,17,19). The second-order valence-corrected chi connectivity index (χ2v) is 6.20. The van der Waals surface area contributed by atoms with Crippen LogP contribution in [0.25, 0.3) is 11.3 Å². The lowest BCUT2D eigenvalue weighted by Gasteiger charge is -2.26. The minimum absolute atomic E-state index is 0.0321. The lowest BCUT2D eigenvalue weighted by Crippen LogP contribution is -2.38. The molecule has 0 radical (unpaired) electrons. The number of benzene rings is 1. The molecular formula is C16H14N2O3S. The molecule has 4 rings (SSSR count). The van der Waals surface area contributed by atoms with Crippen LogP contribution in [0.5, 0.6) is 5.88 Å². The third-order valence-corrected chi connectivity index (χ3v) is 4.60. The van der Waals surface area contributed by atoms with Crippen LogP contribution in [0.15, 0.2) is 41.3 Å². The van der Waals surface area contributed by atoms with Crippen LogP contribution in [0.4, 0.5) is 5.69 Å². The summed E-state index contributed by atoms with van der Waals surface area (Å²) in [5.74, 6) is 1.10. The molecule has 6 heteroatoms. The van der Waals surface area contributed by atoms with Gasteiger partial charge in [-0.2, -0.15) is 0 Å². The van der Waals surface area contributed by atoms with Crippen molar-refractivity contribution in [2.24, 2.45) is 0 Å². The van der Waals surface area contributed by atoms with E-state index in [1.54, 1.807) is 11.8 Å². The second kappa shape index (κ2) is 5.62. The first kappa shape index (κ1) is 13.6. The van der Waals surface area contributed by atoms with Crippen molar-refractivity contribution in [2.75, 3.05) is 24.3 Å². The van der Waals surface area contributed by atoms with Gasteiger partial charge in [0, 0.05) is 16.5 Å². The number of aromatic nitrogens is 1. The Morgan fingerprint density at radius 3 is 3.00 bits per heavy atom. The fourth-order valence-electron chi connectivity index (χ4n) is 2.34. The molecule has 112 valence electrons. The van der Waals surface area contributed by atoms with Crippen LogP contribution >= 0.6 is 11.8 Å². The van der Waals surface area contributed by atoms with Crippen molar-refractivity contribution in [1.82, 2.24) is 4.98 Å². The third kappa shape index (κ3) is 2.67. The van der Waals surface area contributed by atoms with Crippen LogP contribution in [-0.4, -0.2) is 36.0 Å². The van der Waals surface area contributed by atoms with Gasteiger partial charge in [0.2, 0.25) is 11.8 Å². The number of amides is 1. The third-order valence-electron chi connectivity index (χ3n) is 3.53. The summed E-state index contributed by atoms with van der Waals surface area (Å²) in [4.78, 5) is 17.1. The SMILES string of the molecule is O=C1CSc2ccc(-c3cccc(OC4COC4)n3)cc2N1. The van der Waals surface area contributed by atoms with Crippen molar-refractivity contribution in [3.63, 3.8) is 0 Å². The molecular weight excluding hydrogens is 300 g/mol. The number of anilines is 1. The highest BCUT2D eigenvalue weighted by Gasteiger charge is 2.21. The van der Waals surface area contributed by atoms with Crippen molar-refractivity contribution in [3.8, 4) is 17.1 Å². The van der Waals surface area contributed by atoms with Crippen LogP contribution in [0.2, 0.25) is 0 Å². The number of thioether (sulfide) groups is 1. The maximum atomic E-state index is 11.5. The predicted molar refractivity (Wildman–Crippen MR) is 84.3 cm³/mol.